The number of carbonyl (C=O) groups is 1. The fraction of sp³-hybridized carbons (Fsp3) is 0.933. The lowest BCUT2D eigenvalue weighted by molar-refractivity contribution is 0.0472. The van der Waals surface area contributed by atoms with Gasteiger partial charge in [-0.1, -0.05) is 19.3 Å². The molecule has 0 spiro atoms. The standard InChI is InChI=1S/C15H28N2O5S/c1-23(20,21)22-12-11-17(13-5-3-2-4-6-13)14-7-9-16(10-8-14)15(18)19/h13-14H,2-12H2,1H3,(H,18,19). The van der Waals surface area contributed by atoms with Gasteiger partial charge in [-0.2, -0.15) is 8.42 Å². The van der Waals surface area contributed by atoms with E-state index in [1.54, 1.807) is 0 Å². The lowest BCUT2D eigenvalue weighted by atomic mass is 9.91. The number of hydrogen-bond acceptors (Lipinski definition) is 5. The van der Waals surface area contributed by atoms with Crippen LogP contribution < -0.4 is 0 Å². The highest BCUT2D eigenvalue weighted by Crippen LogP contribution is 2.27. The van der Waals surface area contributed by atoms with Crippen molar-refractivity contribution in [1.29, 1.82) is 0 Å². The third-order valence-electron chi connectivity index (χ3n) is 4.89. The first kappa shape index (κ1) is 18.5. The van der Waals surface area contributed by atoms with E-state index >= 15 is 0 Å². The Balaban J connectivity index is 1.94. The first-order chi connectivity index (χ1) is 10.9. The van der Waals surface area contributed by atoms with Crippen LogP contribution in [-0.2, 0) is 14.3 Å². The lowest BCUT2D eigenvalue weighted by Gasteiger charge is -2.43. The average Bonchev–Trinajstić information content (AvgIpc) is 2.51. The number of likely N-dealkylation sites (tertiary alicyclic amines) is 1. The number of carboxylic acid groups (broad SMARTS) is 1. The van der Waals surface area contributed by atoms with Gasteiger partial charge in [0.2, 0.25) is 0 Å². The van der Waals surface area contributed by atoms with E-state index in [0.29, 0.717) is 31.7 Å². The molecule has 0 radical (unpaired) electrons. The van der Waals surface area contributed by atoms with Crippen LogP contribution in [0.3, 0.4) is 0 Å². The largest absolute Gasteiger partial charge is 0.465 e. The predicted octanol–water partition coefficient (Wildman–Crippen LogP) is 1.74. The Morgan fingerprint density at radius 1 is 1.13 bits per heavy atom. The monoisotopic (exact) mass is 348 g/mol. The summed E-state index contributed by atoms with van der Waals surface area (Å²) in [6, 6.07) is 0.783. The number of piperidine rings is 1. The molecule has 0 bridgehead atoms. The lowest BCUT2D eigenvalue weighted by Crippen LogP contribution is -2.51. The SMILES string of the molecule is CS(=O)(=O)OCCN(C1CCCCC1)C1CCN(C(=O)O)CC1. The molecule has 7 nitrogen and oxygen atoms in total. The van der Waals surface area contributed by atoms with E-state index in [1.165, 1.54) is 24.2 Å². The highest BCUT2D eigenvalue weighted by atomic mass is 32.2. The summed E-state index contributed by atoms with van der Waals surface area (Å²) >= 11 is 0. The van der Waals surface area contributed by atoms with Gasteiger partial charge in [-0.05, 0) is 25.7 Å². The molecule has 1 aliphatic heterocycles. The molecular formula is C15H28N2O5S. The van der Waals surface area contributed by atoms with Crippen molar-refractivity contribution in [2.45, 2.75) is 57.0 Å². The van der Waals surface area contributed by atoms with Crippen LogP contribution in [0.2, 0.25) is 0 Å². The Bertz CT molecular complexity index is 482. The Morgan fingerprint density at radius 3 is 2.22 bits per heavy atom. The van der Waals surface area contributed by atoms with Crippen LogP contribution in [0.5, 0.6) is 0 Å². The molecule has 0 aromatic heterocycles. The molecular weight excluding hydrogens is 320 g/mol. The first-order valence-corrected chi connectivity index (χ1v) is 10.3. The molecule has 1 heterocycles. The molecule has 2 aliphatic rings. The summed E-state index contributed by atoms with van der Waals surface area (Å²) in [7, 11) is -3.41. The van der Waals surface area contributed by atoms with E-state index in [9.17, 15) is 13.2 Å². The van der Waals surface area contributed by atoms with Crippen LogP contribution in [0.4, 0.5) is 4.79 Å². The molecule has 1 amide bonds. The Hall–Kier alpha value is -0.860. The van der Waals surface area contributed by atoms with Crippen molar-refractivity contribution < 1.29 is 22.5 Å². The second-order valence-corrected chi connectivity index (χ2v) is 8.20. The van der Waals surface area contributed by atoms with Crippen molar-refractivity contribution in [2.24, 2.45) is 0 Å². The molecule has 0 unspecified atom stereocenters. The van der Waals surface area contributed by atoms with Gasteiger partial charge in [0.1, 0.15) is 0 Å². The van der Waals surface area contributed by atoms with Gasteiger partial charge >= 0.3 is 6.09 Å². The summed E-state index contributed by atoms with van der Waals surface area (Å²) in [6.45, 7) is 1.87. The third-order valence-corrected chi connectivity index (χ3v) is 5.49. The van der Waals surface area contributed by atoms with E-state index in [-0.39, 0.29) is 6.61 Å². The summed E-state index contributed by atoms with van der Waals surface area (Å²) in [5.74, 6) is 0. The number of nitrogens with zero attached hydrogens (tertiary/aromatic N) is 2. The summed E-state index contributed by atoms with van der Waals surface area (Å²) in [6.07, 6.45) is 7.79. The maximum absolute atomic E-state index is 11.2. The quantitative estimate of drug-likeness (QED) is 0.736. The topological polar surface area (TPSA) is 87.2 Å². The smallest absolute Gasteiger partial charge is 0.407 e. The zero-order valence-corrected chi connectivity index (χ0v) is 14.6. The van der Waals surface area contributed by atoms with Crippen LogP contribution in [0, 0.1) is 0 Å². The highest BCUT2D eigenvalue weighted by molar-refractivity contribution is 7.85. The molecule has 1 saturated heterocycles. The van der Waals surface area contributed by atoms with Crippen molar-refractivity contribution in [3.63, 3.8) is 0 Å². The van der Waals surface area contributed by atoms with Crippen LogP contribution in [-0.4, -0.2) is 74.0 Å². The van der Waals surface area contributed by atoms with E-state index in [0.717, 1.165) is 31.9 Å². The highest BCUT2D eigenvalue weighted by Gasteiger charge is 2.31. The summed E-state index contributed by atoms with van der Waals surface area (Å²) in [5, 5.41) is 9.07. The minimum atomic E-state index is -3.41. The van der Waals surface area contributed by atoms with Crippen molar-refractivity contribution >= 4 is 16.2 Å². The fourth-order valence-corrected chi connectivity index (χ4v) is 4.14. The first-order valence-electron chi connectivity index (χ1n) is 8.45. The van der Waals surface area contributed by atoms with E-state index < -0.39 is 16.2 Å². The zero-order chi connectivity index (χ0) is 16.9. The van der Waals surface area contributed by atoms with Crippen molar-refractivity contribution in [3.05, 3.63) is 0 Å². The molecule has 8 heteroatoms. The maximum atomic E-state index is 11.2. The predicted molar refractivity (Wildman–Crippen MR) is 87.0 cm³/mol. The van der Waals surface area contributed by atoms with Gasteiger partial charge in [-0.3, -0.25) is 9.08 Å². The van der Waals surface area contributed by atoms with Gasteiger partial charge in [0.25, 0.3) is 10.1 Å². The minimum Gasteiger partial charge on any atom is -0.465 e. The Labute approximate surface area is 138 Å². The molecule has 2 rings (SSSR count). The van der Waals surface area contributed by atoms with Crippen LogP contribution in [0.25, 0.3) is 0 Å². The number of amides is 1. The van der Waals surface area contributed by atoms with E-state index in [1.807, 2.05) is 0 Å². The normalized spacial score (nSPS) is 21.7. The zero-order valence-electron chi connectivity index (χ0n) is 13.8. The average molecular weight is 348 g/mol. The molecule has 2 fully saturated rings. The van der Waals surface area contributed by atoms with Crippen molar-refractivity contribution in [2.75, 3.05) is 32.5 Å². The molecule has 1 aliphatic carbocycles. The van der Waals surface area contributed by atoms with Gasteiger partial charge < -0.3 is 10.0 Å². The van der Waals surface area contributed by atoms with E-state index in [4.69, 9.17) is 9.29 Å². The van der Waals surface area contributed by atoms with E-state index in [2.05, 4.69) is 4.90 Å². The Kier molecular flexibility index (Phi) is 6.67. The molecule has 0 atom stereocenters. The van der Waals surface area contributed by atoms with Crippen molar-refractivity contribution in [3.8, 4) is 0 Å². The second-order valence-electron chi connectivity index (χ2n) is 6.56. The molecule has 23 heavy (non-hydrogen) atoms. The van der Waals surface area contributed by atoms with Gasteiger partial charge in [0, 0.05) is 31.7 Å². The van der Waals surface area contributed by atoms with Crippen LogP contribution in [0.15, 0.2) is 0 Å². The summed E-state index contributed by atoms with van der Waals surface area (Å²) < 4.78 is 27.3. The molecule has 1 N–H and O–H groups in total. The summed E-state index contributed by atoms with van der Waals surface area (Å²) in [4.78, 5) is 14.9. The van der Waals surface area contributed by atoms with Crippen molar-refractivity contribution in [1.82, 2.24) is 9.80 Å². The molecule has 0 aromatic carbocycles. The maximum Gasteiger partial charge on any atom is 0.407 e. The van der Waals surface area contributed by atoms with Gasteiger partial charge in [0.05, 0.1) is 12.9 Å². The minimum absolute atomic E-state index is 0.175. The fourth-order valence-electron chi connectivity index (χ4n) is 3.76. The van der Waals surface area contributed by atoms with Gasteiger partial charge in [-0.15, -0.1) is 0 Å². The second kappa shape index (κ2) is 8.30. The molecule has 1 saturated carbocycles. The van der Waals surface area contributed by atoms with Gasteiger partial charge in [0.15, 0.2) is 0 Å². The molecule has 0 aromatic rings. The third kappa shape index (κ3) is 5.93. The van der Waals surface area contributed by atoms with Crippen LogP contribution in [0.1, 0.15) is 44.9 Å². The van der Waals surface area contributed by atoms with Crippen LogP contribution >= 0.6 is 0 Å². The van der Waals surface area contributed by atoms with Gasteiger partial charge in [-0.25, -0.2) is 4.79 Å². The molecule has 134 valence electrons. The summed E-state index contributed by atoms with van der Waals surface area (Å²) in [5.41, 5.74) is 0. The number of hydrogen-bond donors (Lipinski definition) is 1. The Morgan fingerprint density at radius 2 is 1.70 bits per heavy atom. The number of rotatable bonds is 6.